The number of benzene rings is 2. The predicted octanol–water partition coefficient (Wildman–Crippen LogP) is 3.56. The normalized spacial score (nSPS) is 25.6. The molecule has 0 radical (unpaired) electrons. The predicted molar refractivity (Wildman–Crippen MR) is 104 cm³/mol. The van der Waals surface area contributed by atoms with Gasteiger partial charge in [-0.1, -0.05) is 56.3 Å². The second-order valence-corrected chi connectivity index (χ2v) is 7.83. The third kappa shape index (κ3) is 4.23. The highest BCUT2D eigenvalue weighted by atomic mass is 16.3. The fourth-order valence-electron chi connectivity index (χ4n) is 4.09. The van der Waals surface area contributed by atoms with Crippen molar-refractivity contribution in [2.24, 2.45) is 11.7 Å². The Labute approximate surface area is 151 Å². The number of aromatic hydroxyl groups is 1. The molecule has 134 valence electrons. The average Bonchev–Trinajstić information content (AvgIpc) is 2.59. The van der Waals surface area contributed by atoms with Gasteiger partial charge in [0, 0.05) is 19.1 Å². The second kappa shape index (κ2) is 7.59. The topological polar surface area (TPSA) is 49.5 Å². The molecule has 0 bridgehead atoms. The highest BCUT2D eigenvalue weighted by molar-refractivity contribution is 5.33. The van der Waals surface area contributed by atoms with E-state index in [9.17, 15) is 5.11 Å². The maximum Gasteiger partial charge on any atom is 0.115 e. The first-order valence-corrected chi connectivity index (χ1v) is 9.29. The van der Waals surface area contributed by atoms with Gasteiger partial charge in [0.1, 0.15) is 5.75 Å². The van der Waals surface area contributed by atoms with Gasteiger partial charge in [0.15, 0.2) is 0 Å². The van der Waals surface area contributed by atoms with Crippen LogP contribution in [-0.2, 0) is 11.8 Å². The van der Waals surface area contributed by atoms with E-state index in [0.717, 1.165) is 32.5 Å². The molecule has 1 fully saturated rings. The summed E-state index contributed by atoms with van der Waals surface area (Å²) in [6.07, 6.45) is 2.02. The van der Waals surface area contributed by atoms with E-state index in [0.29, 0.717) is 11.7 Å². The molecule has 3 nitrogen and oxygen atoms in total. The second-order valence-electron chi connectivity index (χ2n) is 7.83. The molecule has 0 saturated carbocycles. The third-order valence-electron chi connectivity index (χ3n) is 5.91. The summed E-state index contributed by atoms with van der Waals surface area (Å²) in [5.41, 5.74) is 9.07. The Balaban J connectivity index is 1.60. The minimum absolute atomic E-state index is 0.110. The molecule has 0 aromatic heterocycles. The van der Waals surface area contributed by atoms with Crippen LogP contribution in [0.3, 0.4) is 0 Å². The molecule has 1 heterocycles. The van der Waals surface area contributed by atoms with Crippen LogP contribution >= 0.6 is 0 Å². The number of hydrogen-bond acceptors (Lipinski definition) is 3. The van der Waals surface area contributed by atoms with Crippen molar-refractivity contribution in [2.45, 2.75) is 38.1 Å². The van der Waals surface area contributed by atoms with Crippen molar-refractivity contribution in [2.75, 3.05) is 19.6 Å². The number of nitrogens with zero attached hydrogens (tertiary/aromatic N) is 1. The lowest BCUT2D eigenvalue weighted by Crippen LogP contribution is -2.50. The summed E-state index contributed by atoms with van der Waals surface area (Å²) in [5.74, 6) is 0.880. The lowest BCUT2D eigenvalue weighted by Gasteiger charge is -2.45. The summed E-state index contributed by atoms with van der Waals surface area (Å²) in [6.45, 7) is 7.69. The van der Waals surface area contributed by atoms with Gasteiger partial charge >= 0.3 is 0 Å². The smallest absolute Gasteiger partial charge is 0.115 e. The zero-order valence-electron chi connectivity index (χ0n) is 15.4. The Hall–Kier alpha value is -1.84. The van der Waals surface area contributed by atoms with Gasteiger partial charge in [0.25, 0.3) is 0 Å². The van der Waals surface area contributed by atoms with Crippen molar-refractivity contribution in [3.63, 3.8) is 0 Å². The fraction of sp³-hybridized carbons (Fsp3) is 0.455. The quantitative estimate of drug-likeness (QED) is 0.876. The van der Waals surface area contributed by atoms with Crippen molar-refractivity contribution in [1.82, 2.24) is 4.90 Å². The maximum absolute atomic E-state index is 9.83. The Morgan fingerprint density at radius 2 is 1.96 bits per heavy atom. The maximum atomic E-state index is 9.83. The molecule has 2 unspecified atom stereocenters. The van der Waals surface area contributed by atoms with Crippen LogP contribution < -0.4 is 5.73 Å². The van der Waals surface area contributed by atoms with Crippen molar-refractivity contribution in [3.05, 3.63) is 65.7 Å². The van der Waals surface area contributed by atoms with E-state index >= 15 is 0 Å². The first-order valence-electron chi connectivity index (χ1n) is 9.29. The van der Waals surface area contributed by atoms with Gasteiger partial charge in [-0.2, -0.15) is 0 Å². The molecule has 2 aromatic rings. The average molecular weight is 338 g/mol. The van der Waals surface area contributed by atoms with Crippen molar-refractivity contribution in [3.8, 4) is 5.75 Å². The van der Waals surface area contributed by atoms with Gasteiger partial charge in [-0.05, 0) is 54.0 Å². The van der Waals surface area contributed by atoms with Gasteiger partial charge in [-0.3, -0.25) is 0 Å². The molecule has 3 N–H and O–H groups in total. The summed E-state index contributed by atoms with van der Waals surface area (Å²) in [4.78, 5) is 2.50. The third-order valence-corrected chi connectivity index (χ3v) is 5.91. The molecule has 25 heavy (non-hydrogen) atoms. The summed E-state index contributed by atoms with van der Waals surface area (Å²) < 4.78 is 0. The molecule has 1 saturated heterocycles. The van der Waals surface area contributed by atoms with Gasteiger partial charge in [-0.25, -0.2) is 0 Å². The van der Waals surface area contributed by atoms with Crippen LogP contribution in [0.25, 0.3) is 0 Å². The molecule has 2 aromatic carbocycles. The zero-order valence-corrected chi connectivity index (χ0v) is 15.4. The van der Waals surface area contributed by atoms with Crippen molar-refractivity contribution < 1.29 is 5.11 Å². The van der Waals surface area contributed by atoms with Gasteiger partial charge in [-0.15, -0.1) is 0 Å². The molecule has 1 aliphatic heterocycles. The Morgan fingerprint density at radius 3 is 2.64 bits per heavy atom. The van der Waals surface area contributed by atoms with Crippen LogP contribution in [0.4, 0.5) is 0 Å². The minimum Gasteiger partial charge on any atom is -0.508 e. The monoisotopic (exact) mass is 338 g/mol. The number of phenols is 1. The standard InChI is InChI=1S/C22H30N2O/c1-17-15-24(16-20(23)13-18-7-4-3-5-8-18)12-11-22(17,2)19-9-6-10-21(25)14-19/h3-10,14,17,20,25H,11-13,15-16,23H2,1-2H3/t17?,20-,22?/m0/s1. The van der Waals surface area contributed by atoms with E-state index in [1.165, 1.54) is 11.1 Å². The van der Waals surface area contributed by atoms with Crippen LogP contribution in [-0.4, -0.2) is 35.7 Å². The highest BCUT2D eigenvalue weighted by Crippen LogP contribution is 2.40. The van der Waals surface area contributed by atoms with E-state index in [2.05, 4.69) is 49.1 Å². The number of rotatable bonds is 5. The number of phenolic OH excluding ortho intramolecular Hbond substituents is 1. The summed E-state index contributed by atoms with van der Waals surface area (Å²) in [7, 11) is 0. The number of hydrogen-bond donors (Lipinski definition) is 2. The van der Waals surface area contributed by atoms with Crippen molar-refractivity contribution >= 4 is 0 Å². The Kier molecular flexibility index (Phi) is 5.45. The number of likely N-dealkylation sites (tertiary alicyclic amines) is 1. The lowest BCUT2D eigenvalue weighted by atomic mass is 9.68. The van der Waals surface area contributed by atoms with Gasteiger partial charge in [0.2, 0.25) is 0 Å². The van der Waals surface area contributed by atoms with E-state index in [1.54, 1.807) is 6.07 Å². The lowest BCUT2D eigenvalue weighted by molar-refractivity contribution is 0.106. The number of piperidine rings is 1. The Morgan fingerprint density at radius 1 is 1.20 bits per heavy atom. The zero-order chi connectivity index (χ0) is 17.9. The fourth-order valence-corrected chi connectivity index (χ4v) is 4.09. The van der Waals surface area contributed by atoms with Crippen LogP contribution in [0.2, 0.25) is 0 Å². The molecule has 3 atom stereocenters. The summed E-state index contributed by atoms with van der Waals surface area (Å²) in [6, 6.07) is 18.4. The van der Waals surface area contributed by atoms with Gasteiger partial charge in [0.05, 0.1) is 0 Å². The molecule has 0 amide bonds. The summed E-state index contributed by atoms with van der Waals surface area (Å²) >= 11 is 0. The van der Waals surface area contributed by atoms with Crippen molar-refractivity contribution in [1.29, 1.82) is 0 Å². The molecule has 1 aliphatic rings. The van der Waals surface area contributed by atoms with Gasteiger partial charge < -0.3 is 15.7 Å². The minimum atomic E-state index is 0.110. The molecular formula is C22H30N2O. The van der Waals surface area contributed by atoms with Crippen LogP contribution in [0.15, 0.2) is 54.6 Å². The molecular weight excluding hydrogens is 308 g/mol. The van der Waals surface area contributed by atoms with Crippen LogP contribution in [0.5, 0.6) is 5.75 Å². The van der Waals surface area contributed by atoms with E-state index in [1.807, 2.05) is 18.2 Å². The molecule has 0 aliphatic carbocycles. The highest BCUT2D eigenvalue weighted by Gasteiger charge is 2.38. The molecule has 0 spiro atoms. The SMILES string of the molecule is CC1CN(C[C@@H](N)Cc2ccccc2)CCC1(C)c1cccc(O)c1. The van der Waals surface area contributed by atoms with E-state index in [-0.39, 0.29) is 11.5 Å². The van der Waals surface area contributed by atoms with E-state index in [4.69, 9.17) is 5.73 Å². The number of nitrogens with two attached hydrogens (primary N) is 1. The van der Waals surface area contributed by atoms with Crippen LogP contribution in [0.1, 0.15) is 31.4 Å². The molecule has 3 heteroatoms. The first-order chi connectivity index (χ1) is 12.0. The van der Waals surface area contributed by atoms with Crippen LogP contribution in [0, 0.1) is 5.92 Å². The molecule has 3 rings (SSSR count). The van der Waals surface area contributed by atoms with E-state index < -0.39 is 0 Å². The Bertz CT molecular complexity index is 687. The first kappa shape index (κ1) is 18.0. The largest absolute Gasteiger partial charge is 0.508 e. The summed E-state index contributed by atoms with van der Waals surface area (Å²) in [5, 5.41) is 9.83.